The zero-order valence-corrected chi connectivity index (χ0v) is 15.5. The van der Waals surface area contributed by atoms with E-state index in [0.717, 1.165) is 32.7 Å². The van der Waals surface area contributed by atoms with E-state index >= 15 is 0 Å². The first-order valence-electron chi connectivity index (χ1n) is 10.0. The summed E-state index contributed by atoms with van der Waals surface area (Å²) in [7, 11) is 0. The minimum Gasteiger partial charge on any atom is -0.395 e. The molecule has 3 fully saturated rings. The van der Waals surface area contributed by atoms with Crippen molar-refractivity contribution in [1.82, 2.24) is 15.1 Å². The quantitative estimate of drug-likeness (QED) is 0.778. The van der Waals surface area contributed by atoms with Gasteiger partial charge in [0.15, 0.2) is 0 Å². The summed E-state index contributed by atoms with van der Waals surface area (Å²) in [6, 6.07) is 14.5. The highest BCUT2D eigenvalue weighted by Gasteiger charge is 2.48. The molecule has 0 spiro atoms. The van der Waals surface area contributed by atoms with E-state index < -0.39 is 0 Å². The van der Waals surface area contributed by atoms with Crippen LogP contribution in [-0.2, 0) is 0 Å². The Hall–Kier alpha value is -1.45. The van der Waals surface area contributed by atoms with E-state index in [1.807, 2.05) is 0 Å². The highest BCUT2D eigenvalue weighted by Crippen LogP contribution is 2.41. The Bertz CT molecular complexity index is 629. The van der Waals surface area contributed by atoms with Crippen LogP contribution in [0.25, 0.3) is 0 Å². The van der Waals surface area contributed by atoms with Crippen molar-refractivity contribution in [2.24, 2.45) is 0 Å². The van der Waals surface area contributed by atoms with Gasteiger partial charge in [0.1, 0.15) is 0 Å². The van der Waals surface area contributed by atoms with Crippen LogP contribution in [0.1, 0.15) is 37.2 Å². The van der Waals surface area contributed by atoms with E-state index in [4.69, 9.17) is 5.11 Å². The highest BCUT2D eigenvalue weighted by molar-refractivity contribution is 5.27. The van der Waals surface area contributed by atoms with Gasteiger partial charge in [-0.2, -0.15) is 5.26 Å². The van der Waals surface area contributed by atoms with Gasteiger partial charge in [-0.1, -0.05) is 30.3 Å². The van der Waals surface area contributed by atoms with Gasteiger partial charge in [-0.3, -0.25) is 9.80 Å². The largest absolute Gasteiger partial charge is 0.395 e. The van der Waals surface area contributed by atoms with Crippen molar-refractivity contribution in [3.8, 4) is 6.07 Å². The molecule has 26 heavy (non-hydrogen) atoms. The van der Waals surface area contributed by atoms with Gasteiger partial charge in [-0.05, 0) is 24.8 Å². The van der Waals surface area contributed by atoms with Crippen LogP contribution in [0.2, 0.25) is 0 Å². The van der Waals surface area contributed by atoms with Crippen LogP contribution < -0.4 is 5.32 Å². The lowest BCUT2D eigenvalue weighted by Crippen LogP contribution is -2.71. The molecule has 140 valence electrons. The number of benzene rings is 1. The molecule has 1 aromatic rings. The Morgan fingerprint density at radius 1 is 1.19 bits per heavy atom. The predicted molar refractivity (Wildman–Crippen MR) is 102 cm³/mol. The van der Waals surface area contributed by atoms with E-state index in [1.165, 1.54) is 24.8 Å². The van der Waals surface area contributed by atoms with E-state index in [1.54, 1.807) is 0 Å². The average molecular weight is 354 g/mol. The second-order valence-electron chi connectivity index (χ2n) is 8.28. The summed E-state index contributed by atoms with van der Waals surface area (Å²) in [5.41, 5.74) is 1.50. The summed E-state index contributed by atoms with van der Waals surface area (Å²) in [5, 5.41) is 22.3. The number of hydrogen-bond acceptors (Lipinski definition) is 5. The molecule has 5 nitrogen and oxygen atoms in total. The summed E-state index contributed by atoms with van der Waals surface area (Å²) in [6.45, 7) is 4.95. The van der Waals surface area contributed by atoms with Crippen molar-refractivity contribution in [3.63, 3.8) is 0 Å². The van der Waals surface area contributed by atoms with E-state index in [0.29, 0.717) is 24.4 Å². The Morgan fingerprint density at radius 3 is 2.58 bits per heavy atom. The third kappa shape index (κ3) is 3.65. The first kappa shape index (κ1) is 17.9. The number of hydrogen-bond donors (Lipinski definition) is 2. The lowest BCUT2D eigenvalue weighted by Gasteiger charge is -2.56. The first-order chi connectivity index (χ1) is 12.7. The number of rotatable bonds is 7. The molecule has 2 saturated heterocycles. The van der Waals surface area contributed by atoms with Gasteiger partial charge in [0.25, 0.3) is 0 Å². The maximum atomic E-state index is 9.27. The van der Waals surface area contributed by atoms with Gasteiger partial charge in [0.2, 0.25) is 0 Å². The lowest BCUT2D eigenvalue weighted by atomic mass is 9.83. The van der Waals surface area contributed by atoms with Crippen LogP contribution in [0, 0.1) is 11.3 Å². The van der Waals surface area contributed by atoms with Crippen molar-refractivity contribution in [2.45, 2.75) is 49.2 Å². The van der Waals surface area contributed by atoms with Gasteiger partial charge in [-0.25, -0.2) is 0 Å². The molecule has 0 unspecified atom stereocenters. The Morgan fingerprint density at radius 2 is 1.92 bits per heavy atom. The molecule has 2 atom stereocenters. The second kappa shape index (κ2) is 7.66. The standard InChI is InChI=1S/C21H30N4O/c22-9-8-21(15-24(16-21)12-13-26)25-10-6-18(7-11-25)23-20-14-19(20)17-4-2-1-3-5-17/h1-5,18-20,23,26H,6-8,10-16H2/t19-,20+/m0/s1. The van der Waals surface area contributed by atoms with Gasteiger partial charge in [0, 0.05) is 50.7 Å². The third-order valence-electron chi connectivity index (χ3n) is 6.49. The zero-order valence-electron chi connectivity index (χ0n) is 15.5. The van der Waals surface area contributed by atoms with Gasteiger partial charge < -0.3 is 10.4 Å². The summed E-state index contributed by atoms with van der Waals surface area (Å²) in [5.74, 6) is 0.692. The molecule has 3 aliphatic rings. The number of aliphatic hydroxyl groups is 1. The van der Waals surface area contributed by atoms with Crippen LogP contribution in [0.15, 0.2) is 30.3 Å². The third-order valence-corrected chi connectivity index (χ3v) is 6.49. The smallest absolute Gasteiger partial charge is 0.0642 e. The van der Waals surface area contributed by atoms with E-state index in [9.17, 15) is 5.26 Å². The Balaban J connectivity index is 1.25. The van der Waals surface area contributed by atoms with Crippen molar-refractivity contribution in [1.29, 1.82) is 5.26 Å². The molecule has 1 aliphatic carbocycles. The highest BCUT2D eigenvalue weighted by atomic mass is 16.3. The summed E-state index contributed by atoms with van der Waals surface area (Å²) < 4.78 is 0. The molecule has 2 N–H and O–H groups in total. The Labute approximate surface area is 156 Å². The molecule has 1 saturated carbocycles. The van der Waals surface area contributed by atoms with Crippen molar-refractivity contribution in [3.05, 3.63) is 35.9 Å². The van der Waals surface area contributed by atoms with Crippen molar-refractivity contribution in [2.75, 3.05) is 39.3 Å². The minimum atomic E-state index is 0.0288. The lowest BCUT2D eigenvalue weighted by molar-refractivity contribution is -0.0676. The SMILES string of the molecule is N#CCC1(N2CCC(N[C@@H]3C[C@H]3c3ccccc3)CC2)CN(CCO)C1. The van der Waals surface area contributed by atoms with Crippen LogP contribution in [0.3, 0.4) is 0 Å². The minimum absolute atomic E-state index is 0.0288. The summed E-state index contributed by atoms with van der Waals surface area (Å²) in [6.07, 6.45) is 4.21. The molecule has 4 rings (SSSR count). The number of aliphatic hydroxyl groups excluding tert-OH is 1. The molecule has 0 aromatic heterocycles. The number of piperidine rings is 1. The number of nitriles is 1. The van der Waals surface area contributed by atoms with Crippen LogP contribution in [0.4, 0.5) is 0 Å². The molecule has 0 bridgehead atoms. The monoisotopic (exact) mass is 354 g/mol. The molecule has 5 heteroatoms. The maximum absolute atomic E-state index is 9.27. The Kier molecular flexibility index (Phi) is 5.28. The van der Waals surface area contributed by atoms with Crippen molar-refractivity contribution < 1.29 is 5.11 Å². The van der Waals surface area contributed by atoms with Gasteiger partial charge >= 0.3 is 0 Å². The number of likely N-dealkylation sites (tertiary alicyclic amines) is 2. The molecule has 1 aromatic carbocycles. The molecular weight excluding hydrogens is 324 g/mol. The fraction of sp³-hybridized carbons (Fsp3) is 0.667. The number of β-amino-alcohol motifs (C(OH)–C–C–N with tert-alkyl or cyclic N) is 1. The van der Waals surface area contributed by atoms with Gasteiger partial charge in [-0.15, -0.1) is 0 Å². The van der Waals surface area contributed by atoms with Gasteiger partial charge in [0.05, 0.1) is 24.6 Å². The number of nitrogens with one attached hydrogen (secondary N) is 1. The predicted octanol–water partition coefficient (Wildman–Crippen LogP) is 1.56. The molecule has 0 radical (unpaired) electrons. The van der Waals surface area contributed by atoms with Crippen LogP contribution >= 0.6 is 0 Å². The fourth-order valence-electron chi connectivity index (χ4n) is 4.93. The second-order valence-corrected chi connectivity index (χ2v) is 8.28. The zero-order chi connectivity index (χ0) is 18.0. The number of nitrogens with zero attached hydrogens (tertiary/aromatic N) is 3. The molecule has 2 heterocycles. The van der Waals surface area contributed by atoms with E-state index in [2.05, 4.69) is 51.5 Å². The summed E-state index contributed by atoms with van der Waals surface area (Å²) in [4.78, 5) is 4.81. The molecular formula is C21H30N4O. The van der Waals surface area contributed by atoms with Crippen LogP contribution in [-0.4, -0.2) is 71.9 Å². The topological polar surface area (TPSA) is 62.5 Å². The average Bonchev–Trinajstić information content (AvgIpc) is 3.40. The fourth-order valence-corrected chi connectivity index (χ4v) is 4.93. The maximum Gasteiger partial charge on any atom is 0.0642 e. The molecule has 0 amide bonds. The van der Waals surface area contributed by atoms with Crippen LogP contribution in [0.5, 0.6) is 0 Å². The molecule has 2 aliphatic heterocycles. The normalized spacial score (nSPS) is 29.1. The first-order valence-corrected chi connectivity index (χ1v) is 10.0. The van der Waals surface area contributed by atoms with E-state index in [-0.39, 0.29) is 12.1 Å². The summed E-state index contributed by atoms with van der Waals surface area (Å²) >= 11 is 0. The van der Waals surface area contributed by atoms with Crippen molar-refractivity contribution >= 4 is 0 Å².